The van der Waals surface area contributed by atoms with Gasteiger partial charge in [-0.2, -0.15) is 0 Å². The molecule has 2 N–H and O–H groups in total. The third-order valence-corrected chi connectivity index (χ3v) is 3.13. The maximum absolute atomic E-state index is 11.9. The highest BCUT2D eigenvalue weighted by molar-refractivity contribution is 5.74. The summed E-state index contributed by atoms with van der Waals surface area (Å²) in [7, 11) is 0. The SMILES string of the molecule is CCNC(=O)N(CC1CCNCC1)C(C)C. The molecule has 0 aromatic carbocycles. The highest BCUT2D eigenvalue weighted by atomic mass is 16.2. The lowest BCUT2D eigenvalue weighted by Gasteiger charge is -2.32. The Balaban J connectivity index is 2.46. The number of nitrogens with one attached hydrogen (secondary N) is 2. The van der Waals surface area contributed by atoms with Crippen LogP contribution in [0.4, 0.5) is 4.79 Å². The largest absolute Gasteiger partial charge is 0.338 e. The molecule has 1 rings (SSSR count). The molecule has 16 heavy (non-hydrogen) atoms. The first-order chi connectivity index (χ1) is 7.65. The lowest BCUT2D eigenvalue weighted by Crippen LogP contribution is -2.47. The Kier molecular flexibility index (Phi) is 5.60. The zero-order chi connectivity index (χ0) is 12.0. The van der Waals surface area contributed by atoms with Crippen LogP contribution in [0.15, 0.2) is 0 Å². The van der Waals surface area contributed by atoms with Crippen LogP contribution in [0.5, 0.6) is 0 Å². The predicted octanol–water partition coefficient (Wildman–Crippen LogP) is 1.43. The second kappa shape index (κ2) is 6.74. The van der Waals surface area contributed by atoms with Crippen molar-refractivity contribution in [3.63, 3.8) is 0 Å². The molecule has 1 aliphatic heterocycles. The minimum atomic E-state index is 0.0797. The van der Waals surface area contributed by atoms with E-state index in [9.17, 15) is 4.79 Å². The van der Waals surface area contributed by atoms with E-state index in [1.165, 1.54) is 12.8 Å². The molecule has 1 aliphatic rings. The molecule has 0 atom stereocenters. The first-order valence-electron chi connectivity index (χ1n) is 6.40. The number of hydrogen-bond acceptors (Lipinski definition) is 2. The van der Waals surface area contributed by atoms with Gasteiger partial charge in [0.1, 0.15) is 0 Å². The van der Waals surface area contributed by atoms with E-state index in [1.807, 2.05) is 11.8 Å². The van der Waals surface area contributed by atoms with Gasteiger partial charge in [-0.05, 0) is 52.6 Å². The Morgan fingerprint density at radius 1 is 1.44 bits per heavy atom. The molecule has 94 valence electrons. The average Bonchev–Trinajstić information content (AvgIpc) is 2.27. The molecule has 0 unspecified atom stereocenters. The summed E-state index contributed by atoms with van der Waals surface area (Å²) in [5.74, 6) is 0.659. The van der Waals surface area contributed by atoms with Crippen LogP contribution < -0.4 is 10.6 Å². The summed E-state index contributed by atoms with van der Waals surface area (Å²) >= 11 is 0. The third-order valence-electron chi connectivity index (χ3n) is 3.13. The van der Waals surface area contributed by atoms with E-state index in [2.05, 4.69) is 24.5 Å². The molecule has 4 heteroatoms. The first-order valence-corrected chi connectivity index (χ1v) is 6.40. The van der Waals surface area contributed by atoms with Crippen LogP contribution in [0, 0.1) is 5.92 Å². The Labute approximate surface area is 98.8 Å². The monoisotopic (exact) mass is 227 g/mol. The van der Waals surface area contributed by atoms with E-state index in [0.717, 1.165) is 19.6 Å². The van der Waals surface area contributed by atoms with Gasteiger partial charge in [-0.3, -0.25) is 0 Å². The molecular weight excluding hydrogens is 202 g/mol. The number of piperidine rings is 1. The molecular formula is C12H25N3O. The van der Waals surface area contributed by atoms with E-state index in [-0.39, 0.29) is 12.1 Å². The third kappa shape index (κ3) is 4.00. The summed E-state index contributed by atoms with van der Waals surface area (Å²) in [6.07, 6.45) is 2.37. The minimum absolute atomic E-state index is 0.0797. The van der Waals surface area contributed by atoms with Gasteiger partial charge in [0.25, 0.3) is 0 Å². The highest BCUT2D eigenvalue weighted by Gasteiger charge is 2.22. The molecule has 0 radical (unpaired) electrons. The van der Waals surface area contributed by atoms with E-state index >= 15 is 0 Å². The van der Waals surface area contributed by atoms with E-state index in [0.29, 0.717) is 12.5 Å². The van der Waals surface area contributed by atoms with Crippen LogP contribution in [0.2, 0.25) is 0 Å². The van der Waals surface area contributed by atoms with Gasteiger partial charge in [0.05, 0.1) is 0 Å². The maximum atomic E-state index is 11.9. The number of rotatable bonds is 4. The fraction of sp³-hybridized carbons (Fsp3) is 0.917. The molecule has 1 saturated heterocycles. The smallest absolute Gasteiger partial charge is 0.317 e. The van der Waals surface area contributed by atoms with Gasteiger partial charge in [-0.25, -0.2) is 4.79 Å². The summed E-state index contributed by atoms with van der Waals surface area (Å²) in [4.78, 5) is 13.8. The Hall–Kier alpha value is -0.770. The molecule has 2 amide bonds. The van der Waals surface area contributed by atoms with Gasteiger partial charge < -0.3 is 15.5 Å². The number of amides is 2. The molecule has 0 bridgehead atoms. The van der Waals surface area contributed by atoms with Gasteiger partial charge >= 0.3 is 6.03 Å². The molecule has 0 aliphatic carbocycles. The average molecular weight is 227 g/mol. The van der Waals surface area contributed by atoms with Crippen molar-refractivity contribution in [3.05, 3.63) is 0 Å². The Bertz CT molecular complexity index is 212. The molecule has 0 spiro atoms. The van der Waals surface area contributed by atoms with Crippen molar-refractivity contribution < 1.29 is 4.79 Å². The van der Waals surface area contributed by atoms with Crippen molar-refractivity contribution in [1.82, 2.24) is 15.5 Å². The molecule has 1 fully saturated rings. The Morgan fingerprint density at radius 2 is 2.06 bits per heavy atom. The maximum Gasteiger partial charge on any atom is 0.317 e. The quantitative estimate of drug-likeness (QED) is 0.763. The Morgan fingerprint density at radius 3 is 2.56 bits per heavy atom. The molecule has 0 aromatic rings. The first kappa shape index (κ1) is 13.3. The highest BCUT2D eigenvalue weighted by Crippen LogP contribution is 2.15. The zero-order valence-electron chi connectivity index (χ0n) is 10.8. The van der Waals surface area contributed by atoms with Crippen molar-refractivity contribution in [2.45, 2.75) is 39.7 Å². The van der Waals surface area contributed by atoms with Gasteiger partial charge in [-0.1, -0.05) is 0 Å². The minimum Gasteiger partial charge on any atom is -0.338 e. The van der Waals surface area contributed by atoms with Crippen molar-refractivity contribution in [2.24, 2.45) is 5.92 Å². The molecule has 0 saturated carbocycles. The number of carbonyl (C=O) groups is 1. The number of carbonyl (C=O) groups excluding carboxylic acids is 1. The van der Waals surface area contributed by atoms with Gasteiger partial charge in [-0.15, -0.1) is 0 Å². The van der Waals surface area contributed by atoms with Crippen LogP contribution in [0.1, 0.15) is 33.6 Å². The van der Waals surface area contributed by atoms with E-state index in [4.69, 9.17) is 0 Å². The van der Waals surface area contributed by atoms with Gasteiger partial charge in [0, 0.05) is 19.1 Å². The van der Waals surface area contributed by atoms with Gasteiger partial charge in [0.2, 0.25) is 0 Å². The summed E-state index contributed by atoms with van der Waals surface area (Å²) in [5.41, 5.74) is 0. The second-order valence-electron chi connectivity index (χ2n) is 4.77. The normalized spacial score (nSPS) is 17.5. The van der Waals surface area contributed by atoms with Crippen LogP contribution in [-0.2, 0) is 0 Å². The van der Waals surface area contributed by atoms with Crippen LogP contribution >= 0.6 is 0 Å². The van der Waals surface area contributed by atoms with Crippen molar-refractivity contribution in [3.8, 4) is 0 Å². The number of urea groups is 1. The molecule has 0 aromatic heterocycles. The summed E-state index contributed by atoms with van der Waals surface area (Å²) < 4.78 is 0. The van der Waals surface area contributed by atoms with Crippen molar-refractivity contribution in [2.75, 3.05) is 26.2 Å². The lowest BCUT2D eigenvalue weighted by atomic mass is 9.97. The van der Waals surface area contributed by atoms with Crippen LogP contribution in [0.25, 0.3) is 0 Å². The van der Waals surface area contributed by atoms with E-state index < -0.39 is 0 Å². The topological polar surface area (TPSA) is 44.4 Å². The summed E-state index contributed by atoms with van der Waals surface area (Å²) in [5, 5.41) is 6.24. The van der Waals surface area contributed by atoms with E-state index in [1.54, 1.807) is 0 Å². The summed E-state index contributed by atoms with van der Waals surface area (Å²) in [6, 6.07) is 0.359. The number of hydrogen-bond donors (Lipinski definition) is 2. The zero-order valence-corrected chi connectivity index (χ0v) is 10.8. The standard InChI is InChI=1S/C12H25N3O/c1-4-14-12(16)15(10(2)3)9-11-5-7-13-8-6-11/h10-11,13H,4-9H2,1-3H3,(H,14,16). The van der Waals surface area contributed by atoms with Gasteiger partial charge in [0.15, 0.2) is 0 Å². The predicted molar refractivity (Wildman–Crippen MR) is 66.5 cm³/mol. The second-order valence-corrected chi connectivity index (χ2v) is 4.77. The fourth-order valence-electron chi connectivity index (χ4n) is 2.12. The molecule has 4 nitrogen and oxygen atoms in total. The lowest BCUT2D eigenvalue weighted by molar-refractivity contribution is 0.163. The molecule has 1 heterocycles. The summed E-state index contributed by atoms with van der Waals surface area (Å²) in [6.45, 7) is 9.89. The van der Waals surface area contributed by atoms with Crippen molar-refractivity contribution >= 4 is 6.03 Å². The fourth-order valence-corrected chi connectivity index (χ4v) is 2.12. The van der Waals surface area contributed by atoms with Crippen LogP contribution in [0.3, 0.4) is 0 Å². The van der Waals surface area contributed by atoms with Crippen molar-refractivity contribution in [1.29, 1.82) is 0 Å². The number of nitrogens with zero attached hydrogens (tertiary/aromatic N) is 1. The van der Waals surface area contributed by atoms with Crippen LogP contribution in [-0.4, -0.2) is 43.2 Å².